The monoisotopic (exact) mass is 504 g/mol. The Labute approximate surface area is 192 Å². The topological polar surface area (TPSA) is 269 Å². The maximum absolute atomic E-state index is 10.6. The van der Waals surface area contributed by atoms with Gasteiger partial charge in [-0.3, -0.25) is 0 Å². The van der Waals surface area contributed by atoms with Crippen LogP contribution < -0.4 is 0 Å². The molecule has 3 saturated heterocycles. The van der Waals surface area contributed by atoms with Crippen LogP contribution in [-0.2, 0) is 23.7 Å². The van der Waals surface area contributed by atoms with E-state index in [-0.39, 0.29) is 0 Å². The van der Waals surface area contributed by atoms with Crippen LogP contribution in [0.2, 0.25) is 0 Å². The molecule has 3 aliphatic rings. The highest BCUT2D eigenvalue weighted by molar-refractivity contribution is 4.96. The Balaban J connectivity index is 1.83. The maximum Gasteiger partial charge on any atom is 0.187 e. The minimum Gasteiger partial charge on any atom is -0.394 e. The third-order valence-electron chi connectivity index (χ3n) is 6.10. The lowest BCUT2D eigenvalue weighted by atomic mass is 9.96. The van der Waals surface area contributed by atoms with Gasteiger partial charge < -0.3 is 79.9 Å². The van der Waals surface area contributed by atoms with Crippen molar-refractivity contribution < 1.29 is 79.9 Å². The Bertz CT molecular complexity index is 637. The summed E-state index contributed by atoms with van der Waals surface area (Å²) in [5.74, 6) is 0. The van der Waals surface area contributed by atoms with E-state index in [2.05, 4.69) is 0 Å². The smallest absolute Gasteiger partial charge is 0.187 e. The molecule has 16 nitrogen and oxygen atoms in total. The molecule has 0 radical (unpaired) electrons. The summed E-state index contributed by atoms with van der Waals surface area (Å²) >= 11 is 0. The Morgan fingerprint density at radius 1 is 0.441 bits per heavy atom. The summed E-state index contributed by atoms with van der Waals surface area (Å²) in [6, 6.07) is 0. The molecule has 0 bridgehead atoms. The molecule has 0 aromatic carbocycles. The summed E-state index contributed by atoms with van der Waals surface area (Å²) in [6.07, 6.45) is -25.6. The van der Waals surface area contributed by atoms with Crippen molar-refractivity contribution in [3.05, 3.63) is 0 Å². The molecule has 34 heavy (non-hydrogen) atoms. The van der Waals surface area contributed by atoms with Crippen LogP contribution in [0.1, 0.15) is 0 Å². The van der Waals surface area contributed by atoms with Crippen molar-refractivity contribution in [2.75, 3.05) is 19.8 Å². The molecule has 200 valence electrons. The van der Waals surface area contributed by atoms with E-state index in [4.69, 9.17) is 23.7 Å². The molecule has 3 rings (SSSR count). The molecular weight excluding hydrogens is 472 g/mol. The minimum atomic E-state index is -1.94. The second-order valence-corrected chi connectivity index (χ2v) is 8.33. The van der Waals surface area contributed by atoms with Crippen molar-refractivity contribution in [1.82, 2.24) is 0 Å². The van der Waals surface area contributed by atoms with Gasteiger partial charge in [0, 0.05) is 0 Å². The summed E-state index contributed by atoms with van der Waals surface area (Å²) in [4.78, 5) is 0. The van der Waals surface area contributed by atoms with E-state index >= 15 is 0 Å². The van der Waals surface area contributed by atoms with E-state index in [1.165, 1.54) is 0 Å². The fraction of sp³-hybridized carbons (Fsp3) is 1.00. The Morgan fingerprint density at radius 2 is 0.824 bits per heavy atom. The summed E-state index contributed by atoms with van der Waals surface area (Å²) < 4.78 is 26.5. The van der Waals surface area contributed by atoms with Crippen molar-refractivity contribution in [2.24, 2.45) is 0 Å². The van der Waals surface area contributed by atoms with E-state index in [9.17, 15) is 56.2 Å². The first kappa shape index (κ1) is 27.9. The molecule has 3 fully saturated rings. The van der Waals surface area contributed by atoms with Crippen molar-refractivity contribution >= 4 is 0 Å². The quantitative estimate of drug-likeness (QED) is 0.154. The van der Waals surface area contributed by atoms with Gasteiger partial charge in [-0.05, 0) is 0 Å². The first-order chi connectivity index (χ1) is 16.0. The van der Waals surface area contributed by atoms with Gasteiger partial charge in [-0.25, -0.2) is 0 Å². The average Bonchev–Trinajstić information content (AvgIpc) is 2.83. The predicted octanol–water partition coefficient (Wildman–Crippen LogP) is -7.57. The molecule has 0 saturated carbocycles. The summed E-state index contributed by atoms with van der Waals surface area (Å²) in [6.45, 7) is -2.33. The number of hydrogen-bond acceptors (Lipinski definition) is 16. The lowest BCUT2D eigenvalue weighted by Gasteiger charge is -2.48. The highest BCUT2D eigenvalue weighted by Crippen LogP contribution is 2.32. The molecular formula is C18H32O16. The van der Waals surface area contributed by atoms with Gasteiger partial charge in [-0.15, -0.1) is 0 Å². The largest absolute Gasteiger partial charge is 0.394 e. The van der Waals surface area contributed by atoms with Crippen LogP contribution in [0, 0.1) is 0 Å². The number of ether oxygens (including phenoxy) is 5. The van der Waals surface area contributed by atoms with Gasteiger partial charge in [-0.1, -0.05) is 0 Å². The zero-order valence-electron chi connectivity index (χ0n) is 17.7. The lowest BCUT2D eigenvalue weighted by Crippen LogP contribution is -2.67. The Morgan fingerprint density at radius 3 is 1.24 bits per heavy atom. The standard InChI is InChI=1S/C18H32O16/c19-1-4-7(22)10(25)12(27)17(31-4)33-14-9(24)6(3-21)30-16(29)15(14)34-18-13(28)11(26)8(23)5(2-20)32-18/h4-29H,1-3H2/t4-,5-,6-,7+,8+,9-,10+,11+,12-,13-,14+,15-,16+,17+,18+/m1/s1. The fourth-order valence-corrected chi connectivity index (χ4v) is 4.03. The predicted molar refractivity (Wildman–Crippen MR) is 101 cm³/mol. The van der Waals surface area contributed by atoms with Crippen molar-refractivity contribution in [1.29, 1.82) is 0 Å². The number of rotatable bonds is 7. The molecule has 3 heterocycles. The van der Waals surface area contributed by atoms with Gasteiger partial charge in [0.2, 0.25) is 0 Å². The van der Waals surface area contributed by atoms with Crippen LogP contribution in [0.3, 0.4) is 0 Å². The van der Waals surface area contributed by atoms with E-state index in [1.54, 1.807) is 0 Å². The Hall–Kier alpha value is -0.640. The van der Waals surface area contributed by atoms with E-state index in [0.29, 0.717) is 0 Å². The van der Waals surface area contributed by atoms with Crippen LogP contribution in [0.15, 0.2) is 0 Å². The molecule has 3 aliphatic heterocycles. The molecule has 16 heteroatoms. The highest BCUT2D eigenvalue weighted by Gasteiger charge is 2.53. The first-order valence-corrected chi connectivity index (χ1v) is 10.6. The lowest BCUT2D eigenvalue weighted by molar-refractivity contribution is -0.387. The SMILES string of the molecule is OC[C@H]1O[C@@H](O[C@@H]2[C@@H](O[C@@H]3O[C@H](CO)[C@H](O)[C@H](O)[C@H]3O)[C@H](O)[C@@H](CO)O[C@@H]2O)[C@H](O)[C@@H](O)[C@H]1O. The number of aliphatic hydroxyl groups is 11. The molecule has 11 N–H and O–H groups in total. The van der Waals surface area contributed by atoms with Gasteiger partial charge >= 0.3 is 0 Å². The second-order valence-electron chi connectivity index (χ2n) is 8.33. The van der Waals surface area contributed by atoms with E-state index in [0.717, 1.165) is 0 Å². The summed E-state index contributed by atoms with van der Waals surface area (Å²) in [5.41, 5.74) is 0. The zero-order valence-corrected chi connectivity index (χ0v) is 17.7. The van der Waals surface area contributed by atoms with Crippen molar-refractivity contribution in [3.63, 3.8) is 0 Å². The third-order valence-corrected chi connectivity index (χ3v) is 6.10. The van der Waals surface area contributed by atoms with Crippen LogP contribution in [0.25, 0.3) is 0 Å². The van der Waals surface area contributed by atoms with Gasteiger partial charge in [-0.2, -0.15) is 0 Å². The normalized spacial score (nSPS) is 52.5. The maximum atomic E-state index is 10.6. The second kappa shape index (κ2) is 11.6. The summed E-state index contributed by atoms with van der Waals surface area (Å²) in [5, 5.41) is 109. The number of hydrogen-bond donors (Lipinski definition) is 11. The van der Waals surface area contributed by atoms with Gasteiger partial charge in [0.05, 0.1) is 19.8 Å². The van der Waals surface area contributed by atoms with Crippen molar-refractivity contribution in [2.45, 2.75) is 92.1 Å². The van der Waals surface area contributed by atoms with Gasteiger partial charge in [0.1, 0.15) is 73.2 Å². The van der Waals surface area contributed by atoms with Gasteiger partial charge in [0.15, 0.2) is 18.9 Å². The van der Waals surface area contributed by atoms with Crippen LogP contribution in [0.5, 0.6) is 0 Å². The molecule has 0 aromatic heterocycles. The first-order valence-electron chi connectivity index (χ1n) is 10.6. The Kier molecular flexibility index (Phi) is 9.54. The van der Waals surface area contributed by atoms with Crippen molar-refractivity contribution in [3.8, 4) is 0 Å². The molecule has 0 aliphatic carbocycles. The minimum absolute atomic E-state index is 0.769. The zero-order chi connectivity index (χ0) is 25.3. The highest BCUT2D eigenvalue weighted by atomic mass is 16.8. The molecule has 0 spiro atoms. The number of aliphatic hydroxyl groups excluding tert-OH is 11. The van der Waals surface area contributed by atoms with E-state index < -0.39 is 112 Å². The third kappa shape index (κ3) is 5.37. The fourth-order valence-electron chi connectivity index (χ4n) is 4.03. The van der Waals surface area contributed by atoms with Gasteiger partial charge in [0.25, 0.3) is 0 Å². The average molecular weight is 504 g/mol. The van der Waals surface area contributed by atoms with Crippen LogP contribution in [-0.4, -0.2) is 168 Å². The van der Waals surface area contributed by atoms with E-state index in [1.807, 2.05) is 0 Å². The molecule has 0 amide bonds. The molecule has 0 aromatic rings. The molecule has 0 unspecified atom stereocenters. The van der Waals surface area contributed by atoms with Crippen LogP contribution in [0.4, 0.5) is 0 Å². The molecule has 15 atom stereocenters. The summed E-state index contributed by atoms with van der Waals surface area (Å²) in [7, 11) is 0. The van der Waals surface area contributed by atoms with Crippen LogP contribution >= 0.6 is 0 Å².